The van der Waals surface area contributed by atoms with Gasteiger partial charge in [-0.25, -0.2) is 9.78 Å². The van der Waals surface area contributed by atoms with Crippen LogP contribution in [-0.2, 0) is 6.54 Å². The molecule has 0 unspecified atom stereocenters. The van der Waals surface area contributed by atoms with Gasteiger partial charge in [0, 0.05) is 35.6 Å². The number of imidazole rings is 1. The van der Waals surface area contributed by atoms with Crippen molar-refractivity contribution < 1.29 is 9.90 Å². The maximum atomic E-state index is 10.9. The summed E-state index contributed by atoms with van der Waals surface area (Å²) < 4.78 is 2.60. The molecule has 19 heavy (non-hydrogen) atoms. The number of aromatic nitrogens is 2. The van der Waals surface area contributed by atoms with E-state index in [2.05, 4.69) is 26.2 Å². The predicted octanol–water partition coefficient (Wildman–Crippen LogP) is 2.85. The molecule has 100 valence electrons. The number of rotatable bonds is 6. The Morgan fingerprint density at radius 2 is 2.32 bits per heavy atom. The summed E-state index contributed by atoms with van der Waals surface area (Å²) in [6.07, 6.45) is 6.44. The number of nitrogens with zero attached hydrogens (tertiary/aromatic N) is 2. The molecule has 1 aromatic heterocycles. The van der Waals surface area contributed by atoms with Crippen molar-refractivity contribution in [2.75, 3.05) is 11.9 Å². The molecule has 0 amide bonds. The third kappa shape index (κ3) is 3.82. The fourth-order valence-electron chi connectivity index (χ4n) is 1.71. The quantitative estimate of drug-likeness (QED) is 0.802. The molecule has 0 aliphatic carbocycles. The van der Waals surface area contributed by atoms with Gasteiger partial charge in [-0.15, -0.1) is 0 Å². The van der Waals surface area contributed by atoms with Crippen molar-refractivity contribution in [1.29, 1.82) is 0 Å². The van der Waals surface area contributed by atoms with Crippen molar-refractivity contribution in [1.82, 2.24) is 9.55 Å². The topological polar surface area (TPSA) is 67.2 Å². The minimum atomic E-state index is -0.932. The fraction of sp³-hybridized carbons (Fsp3) is 0.231. The number of halogens is 1. The van der Waals surface area contributed by atoms with Crippen LogP contribution in [0.15, 0.2) is 41.4 Å². The minimum Gasteiger partial charge on any atom is -0.478 e. The number of carboxylic acid groups (broad SMARTS) is 1. The third-order valence-electron chi connectivity index (χ3n) is 2.68. The molecule has 0 fully saturated rings. The lowest BCUT2D eigenvalue weighted by Crippen LogP contribution is -2.06. The van der Waals surface area contributed by atoms with E-state index in [1.807, 2.05) is 10.8 Å². The van der Waals surface area contributed by atoms with Crippen LogP contribution < -0.4 is 5.32 Å². The lowest BCUT2D eigenvalue weighted by Gasteiger charge is -2.08. The molecule has 0 saturated carbocycles. The molecule has 0 atom stereocenters. The first-order valence-corrected chi connectivity index (χ1v) is 6.68. The standard InChI is InChI=1S/C13H14BrN3O2/c14-12-8-10(2-3-11(12)13(18)19)16-4-1-6-17-7-5-15-9-17/h2-3,5,7-9,16H,1,4,6H2,(H,18,19). The number of anilines is 1. The Bertz CT molecular complexity index is 555. The Morgan fingerprint density at radius 3 is 2.95 bits per heavy atom. The summed E-state index contributed by atoms with van der Waals surface area (Å²) in [7, 11) is 0. The van der Waals surface area contributed by atoms with Crippen molar-refractivity contribution in [3.8, 4) is 0 Å². The van der Waals surface area contributed by atoms with Gasteiger partial charge in [0.15, 0.2) is 0 Å². The second-order valence-electron chi connectivity index (χ2n) is 4.08. The summed E-state index contributed by atoms with van der Waals surface area (Å²) in [5.41, 5.74) is 1.17. The highest BCUT2D eigenvalue weighted by molar-refractivity contribution is 9.10. The van der Waals surface area contributed by atoms with Crippen LogP contribution >= 0.6 is 15.9 Å². The van der Waals surface area contributed by atoms with Gasteiger partial charge < -0.3 is 15.0 Å². The molecule has 6 heteroatoms. The summed E-state index contributed by atoms with van der Waals surface area (Å²) in [5.74, 6) is -0.932. The first kappa shape index (κ1) is 13.6. The zero-order valence-electron chi connectivity index (χ0n) is 10.2. The summed E-state index contributed by atoms with van der Waals surface area (Å²) in [5, 5.41) is 12.2. The number of nitrogens with one attached hydrogen (secondary N) is 1. The molecule has 0 spiro atoms. The van der Waals surface area contributed by atoms with Gasteiger partial charge in [-0.2, -0.15) is 0 Å². The summed E-state index contributed by atoms with van der Waals surface area (Å²) >= 11 is 3.25. The minimum absolute atomic E-state index is 0.268. The van der Waals surface area contributed by atoms with Crippen molar-refractivity contribution >= 4 is 27.6 Å². The number of hydrogen-bond donors (Lipinski definition) is 2. The van der Waals surface area contributed by atoms with Crippen molar-refractivity contribution in [3.63, 3.8) is 0 Å². The first-order valence-electron chi connectivity index (χ1n) is 5.89. The zero-order valence-corrected chi connectivity index (χ0v) is 11.8. The van der Waals surface area contributed by atoms with Crippen LogP contribution in [0.25, 0.3) is 0 Å². The van der Waals surface area contributed by atoms with Crippen LogP contribution in [0.5, 0.6) is 0 Å². The van der Waals surface area contributed by atoms with Crippen LogP contribution in [0.1, 0.15) is 16.8 Å². The number of benzene rings is 1. The maximum Gasteiger partial charge on any atom is 0.336 e. The normalized spacial score (nSPS) is 10.4. The van der Waals surface area contributed by atoms with Gasteiger partial charge in [-0.1, -0.05) is 0 Å². The number of hydrogen-bond acceptors (Lipinski definition) is 3. The van der Waals surface area contributed by atoms with Gasteiger partial charge in [0.25, 0.3) is 0 Å². The maximum absolute atomic E-state index is 10.9. The Balaban J connectivity index is 1.83. The molecular weight excluding hydrogens is 310 g/mol. The van der Waals surface area contributed by atoms with Crippen LogP contribution in [0.2, 0.25) is 0 Å². The second kappa shape index (κ2) is 6.38. The summed E-state index contributed by atoms with van der Waals surface area (Å²) in [4.78, 5) is 14.8. The molecule has 0 aliphatic heterocycles. The third-order valence-corrected chi connectivity index (χ3v) is 3.34. The monoisotopic (exact) mass is 323 g/mol. The van der Waals surface area contributed by atoms with Crippen LogP contribution in [0, 0.1) is 0 Å². The highest BCUT2D eigenvalue weighted by atomic mass is 79.9. The number of carbonyl (C=O) groups is 1. The second-order valence-corrected chi connectivity index (χ2v) is 4.93. The Kier molecular flexibility index (Phi) is 4.57. The molecule has 2 rings (SSSR count). The molecule has 0 aliphatic rings. The van der Waals surface area contributed by atoms with Crippen molar-refractivity contribution in [2.24, 2.45) is 0 Å². The van der Waals surface area contributed by atoms with E-state index in [9.17, 15) is 4.79 Å². The van der Waals surface area contributed by atoms with E-state index in [0.29, 0.717) is 4.47 Å². The van der Waals surface area contributed by atoms with Crippen LogP contribution in [0.3, 0.4) is 0 Å². The van der Waals surface area contributed by atoms with Gasteiger partial charge in [-0.3, -0.25) is 0 Å². The number of carboxylic acids is 1. The zero-order chi connectivity index (χ0) is 13.7. The SMILES string of the molecule is O=C(O)c1ccc(NCCCn2ccnc2)cc1Br. The van der Waals surface area contributed by atoms with E-state index in [-0.39, 0.29) is 5.56 Å². The smallest absolute Gasteiger partial charge is 0.336 e. The Hall–Kier alpha value is -1.82. The van der Waals surface area contributed by atoms with Gasteiger partial charge in [0.05, 0.1) is 11.9 Å². The number of aromatic carboxylic acids is 1. The van der Waals surface area contributed by atoms with Crippen molar-refractivity contribution in [3.05, 3.63) is 47.0 Å². The van der Waals surface area contributed by atoms with E-state index in [4.69, 9.17) is 5.11 Å². The van der Waals surface area contributed by atoms with E-state index < -0.39 is 5.97 Å². The molecule has 1 heterocycles. The highest BCUT2D eigenvalue weighted by Crippen LogP contribution is 2.21. The molecule has 0 bridgehead atoms. The van der Waals surface area contributed by atoms with E-state index in [0.717, 1.165) is 25.2 Å². The van der Waals surface area contributed by atoms with E-state index in [1.165, 1.54) is 0 Å². The van der Waals surface area contributed by atoms with Crippen molar-refractivity contribution in [2.45, 2.75) is 13.0 Å². The molecule has 0 radical (unpaired) electrons. The predicted molar refractivity (Wildman–Crippen MR) is 76.4 cm³/mol. The lowest BCUT2D eigenvalue weighted by atomic mass is 10.2. The molecule has 0 saturated heterocycles. The molecule has 1 aromatic carbocycles. The molecular formula is C13H14BrN3O2. The lowest BCUT2D eigenvalue weighted by molar-refractivity contribution is 0.0696. The average Bonchev–Trinajstić information content (AvgIpc) is 2.87. The van der Waals surface area contributed by atoms with Gasteiger partial charge in [0.1, 0.15) is 0 Å². The van der Waals surface area contributed by atoms with Gasteiger partial charge in [0.2, 0.25) is 0 Å². The molecule has 2 aromatic rings. The first-order chi connectivity index (χ1) is 9.16. The largest absolute Gasteiger partial charge is 0.478 e. The highest BCUT2D eigenvalue weighted by Gasteiger charge is 2.07. The van der Waals surface area contributed by atoms with Gasteiger partial charge in [-0.05, 0) is 40.5 Å². The fourth-order valence-corrected chi connectivity index (χ4v) is 2.26. The van der Waals surface area contributed by atoms with E-state index >= 15 is 0 Å². The summed E-state index contributed by atoms with van der Waals surface area (Å²) in [6, 6.07) is 5.14. The van der Waals surface area contributed by atoms with Gasteiger partial charge >= 0.3 is 5.97 Å². The molecule has 2 N–H and O–H groups in total. The van der Waals surface area contributed by atoms with Crippen LogP contribution in [-0.4, -0.2) is 27.2 Å². The molecule has 5 nitrogen and oxygen atoms in total. The van der Waals surface area contributed by atoms with Crippen LogP contribution in [0.4, 0.5) is 5.69 Å². The van der Waals surface area contributed by atoms with E-state index in [1.54, 1.807) is 30.7 Å². The Morgan fingerprint density at radius 1 is 1.47 bits per heavy atom. The summed E-state index contributed by atoms with van der Waals surface area (Å²) in [6.45, 7) is 1.72. The average molecular weight is 324 g/mol. The Labute approximate surface area is 119 Å². The number of aryl methyl sites for hydroxylation is 1.